The molecule has 1 aromatic heterocycles. The number of nitrogens with one attached hydrogen (secondary N) is 2. The first kappa shape index (κ1) is 26.6. The molecule has 5 N–H and O–H groups in total. The Balaban J connectivity index is 1.72. The molecule has 4 rings (SSSR count). The van der Waals surface area contributed by atoms with Crippen molar-refractivity contribution in [3.05, 3.63) is 82.9 Å². The maximum Gasteiger partial charge on any atom is 0.241 e. The van der Waals surface area contributed by atoms with Crippen LogP contribution >= 0.6 is 11.3 Å². The summed E-state index contributed by atoms with van der Waals surface area (Å²) in [5.74, 6) is 0.632. The fourth-order valence-electron chi connectivity index (χ4n) is 3.90. The Morgan fingerprint density at radius 2 is 1.97 bits per heavy atom. The first-order valence-corrected chi connectivity index (χ1v) is 13.8. The van der Waals surface area contributed by atoms with Crippen LogP contribution in [0.2, 0.25) is 0 Å². The van der Waals surface area contributed by atoms with Gasteiger partial charge in [-0.3, -0.25) is 5.41 Å². The average molecular weight is 540 g/mol. The maximum atomic E-state index is 13.6. The molecule has 3 aromatic carbocycles. The number of aromatic nitrogens is 1. The number of benzene rings is 3. The molecule has 0 spiro atoms. The molecule has 0 bridgehead atoms. The van der Waals surface area contributed by atoms with Gasteiger partial charge in [0.15, 0.2) is 0 Å². The summed E-state index contributed by atoms with van der Waals surface area (Å²) >= 11 is 1.39. The second kappa shape index (κ2) is 11.3. The zero-order valence-electron chi connectivity index (χ0n) is 20.5. The molecule has 0 aliphatic rings. The number of hydrogen-bond donors (Lipinski definition) is 4. The Bertz CT molecular complexity index is 1520. The molecule has 4 aromatic rings. The summed E-state index contributed by atoms with van der Waals surface area (Å²) in [6.45, 7) is 0.330. The van der Waals surface area contributed by atoms with Crippen molar-refractivity contribution < 1.29 is 18.3 Å². The number of nitrogen functional groups attached to an aromatic ring is 1. The van der Waals surface area contributed by atoms with Crippen LogP contribution in [-0.2, 0) is 16.4 Å². The molecule has 0 amide bonds. The van der Waals surface area contributed by atoms with E-state index in [0.717, 1.165) is 15.8 Å². The molecule has 0 aliphatic carbocycles. The van der Waals surface area contributed by atoms with Crippen molar-refractivity contribution >= 4 is 43.1 Å². The van der Waals surface area contributed by atoms with Gasteiger partial charge in [0.05, 0.1) is 34.9 Å². The lowest BCUT2D eigenvalue weighted by atomic mass is 10.0. The van der Waals surface area contributed by atoms with Crippen molar-refractivity contribution in [2.24, 2.45) is 5.73 Å². The van der Waals surface area contributed by atoms with Gasteiger partial charge in [-0.1, -0.05) is 24.3 Å². The summed E-state index contributed by atoms with van der Waals surface area (Å²) < 4.78 is 36.2. The molecular weight excluding hydrogens is 510 g/mol. The van der Waals surface area contributed by atoms with Crippen LogP contribution in [0.1, 0.15) is 22.2 Å². The van der Waals surface area contributed by atoms with Crippen molar-refractivity contribution in [2.45, 2.75) is 17.4 Å². The van der Waals surface area contributed by atoms with Crippen LogP contribution in [0.5, 0.6) is 5.75 Å². The van der Waals surface area contributed by atoms with Crippen molar-refractivity contribution in [1.82, 2.24) is 9.71 Å². The van der Waals surface area contributed by atoms with E-state index in [1.165, 1.54) is 17.4 Å². The number of ether oxygens (including phenoxy) is 1. The van der Waals surface area contributed by atoms with E-state index in [0.29, 0.717) is 35.0 Å². The van der Waals surface area contributed by atoms with Crippen molar-refractivity contribution in [2.75, 3.05) is 32.2 Å². The predicted octanol–water partition coefficient (Wildman–Crippen LogP) is 3.28. The molecule has 0 aliphatic heterocycles. The van der Waals surface area contributed by atoms with Gasteiger partial charge in [0.25, 0.3) is 0 Å². The van der Waals surface area contributed by atoms with E-state index in [1.54, 1.807) is 55.5 Å². The summed E-state index contributed by atoms with van der Waals surface area (Å²) in [4.78, 5) is 6.62. The zero-order chi connectivity index (χ0) is 26.6. The van der Waals surface area contributed by atoms with Gasteiger partial charge < -0.3 is 20.5 Å². The van der Waals surface area contributed by atoms with Crippen LogP contribution in [0.25, 0.3) is 10.2 Å². The topological polar surface area (TPSA) is 142 Å². The van der Waals surface area contributed by atoms with E-state index in [-0.39, 0.29) is 17.3 Å². The Morgan fingerprint density at radius 3 is 2.70 bits per heavy atom. The Hall–Kier alpha value is -3.51. The second-order valence-electron chi connectivity index (χ2n) is 8.52. The number of nitrogens with two attached hydrogens (primary N) is 1. The van der Waals surface area contributed by atoms with Gasteiger partial charge in [0.2, 0.25) is 10.0 Å². The smallest absolute Gasteiger partial charge is 0.241 e. The molecule has 0 saturated carbocycles. The molecule has 0 fully saturated rings. The summed E-state index contributed by atoms with van der Waals surface area (Å²) in [6, 6.07) is 18.6. The standard InChI is InChI=1S/C26H29N5O4S2/c1-31(11-12-32)19-7-4-8-21(15-19)37(33,34)30-23(14-17-5-3-6-18(13-17)25(27)28)26-29-22-10-9-20(35-2)16-24(22)36-26/h3-10,13,15-16,23,30,32H,11-12,14H2,1-2H3,(H3,27,28). The third-order valence-electron chi connectivity index (χ3n) is 5.89. The van der Waals surface area contributed by atoms with Gasteiger partial charge in [-0.25, -0.2) is 18.1 Å². The number of methoxy groups -OCH3 is 1. The molecule has 1 atom stereocenters. The minimum Gasteiger partial charge on any atom is -0.497 e. The van der Waals surface area contributed by atoms with Gasteiger partial charge >= 0.3 is 0 Å². The summed E-state index contributed by atoms with van der Waals surface area (Å²) in [5.41, 5.74) is 8.47. The van der Waals surface area contributed by atoms with Crippen molar-refractivity contribution in [1.29, 1.82) is 5.41 Å². The molecule has 194 valence electrons. The number of hydrogen-bond acceptors (Lipinski definition) is 8. The minimum absolute atomic E-state index is 0.0461. The minimum atomic E-state index is -3.94. The monoisotopic (exact) mass is 539 g/mol. The number of likely N-dealkylation sites (N-methyl/N-ethyl adjacent to an activating group) is 1. The molecule has 1 heterocycles. The van der Waals surface area contributed by atoms with Crippen molar-refractivity contribution in [3.8, 4) is 5.75 Å². The SMILES string of the molecule is COc1ccc2nc(C(Cc3cccc(C(=N)N)c3)NS(=O)(=O)c3cccc(N(C)CCO)c3)sc2c1. The van der Waals surface area contributed by atoms with E-state index in [1.807, 2.05) is 24.3 Å². The van der Waals surface area contributed by atoms with Crippen LogP contribution in [0.4, 0.5) is 5.69 Å². The highest BCUT2D eigenvalue weighted by atomic mass is 32.2. The highest BCUT2D eigenvalue weighted by Crippen LogP contribution is 2.32. The Labute approximate surface area is 220 Å². The predicted molar refractivity (Wildman–Crippen MR) is 147 cm³/mol. The van der Waals surface area contributed by atoms with E-state index < -0.39 is 16.1 Å². The number of anilines is 1. The molecule has 0 radical (unpaired) electrons. The lowest BCUT2D eigenvalue weighted by Crippen LogP contribution is -2.30. The van der Waals surface area contributed by atoms with Gasteiger partial charge in [-0.05, 0) is 54.4 Å². The van der Waals surface area contributed by atoms with E-state index in [2.05, 4.69) is 4.72 Å². The van der Waals surface area contributed by atoms with Gasteiger partial charge in [-0.15, -0.1) is 11.3 Å². The normalized spacial score (nSPS) is 12.4. The zero-order valence-corrected chi connectivity index (χ0v) is 22.1. The lowest BCUT2D eigenvalue weighted by molar-refractivity contribution is 0.304. The van der Waals surface area contributed by atoms with E-state index >= 15 is 0 Å². The highest BCUT2D eigenvalue weighted by molar-refractivity contribution is 7.89. The number of amidine groups is 1. The maximum absolute atomic E-state index is 13.6. The molecule has 9 nitrogen and oxygen atoms in total. The first-order chi connectivity index (χ1) is 17.7. The number of fused-ring (bicyclic) bond motifs is 1. The molecular formula is C26H29N5O4S2. The highest BCUT2D eigenvalue weighted by Gasteiger charge is 2.25. The van der Waals surface area contributed by atoms with Gasteiger partial charge in [0.1, 0.15) is 16.6 Å². The summed E-state index contributed by atoms with van der Waals surface area (Å²) in [6.07, 6.45) is 0.307. The van der Waals surface area contributed by atoms with Crippen LogP contribution in [0.15, 0.2) is 71.6 Å². The van der Waals surface area contributed by atoms with Crippen LogP contribution in [0, 0.1) is 5.41 Å². The Morgan fingerprint density at radius 1 is 1.19 bits per heavy atom. The number of aliphatic hydroxyl groups is 1. The third kappa shape index (κ3) is 6.25. The average Bonchev–Trinajstić information content (AvgIpc) is 3.32. The number of aliphatic hydroxyl groups excluding tert-OH is 1. The summed E-state index contributed by atoms with van der Waals surface area (Å²) in [7, 11) is -0.561. The van der Waals surface area contributed by atoms with Gasteiger partial charge in [0, 0.05) is 24.8 Å². The van der Waals surface area contributed by atoms with Crippen LogP contribution < -0.4 is 20.1 Å². The quantitative estimate of drug-likeness (QED) is 0.169. The fourth-order valence-corrected chi connectivity index (χ4v) is 6.26. The summed E-state index contributed by atoms with van der Waals surface area (Å²) in [5, 5.41) is 17.6. The number of rotatable bonds is 11. The molecule has 1 unspecified atom stereocenters. The fraction of sp³-hybridized carbons (Fsp3) is 0.231. The first-order valence-electron chi connectivity index (χ1n) is 11.5. The molecule has 37 heavy (non-hydrogen) atoms. The largest absolute Gasteiger partial charge is 0.497 e. The van der Waals surface area contributed by atoms with Gasteiger partial charge in [-0.2, -0.15) is 0 Å². The van der Waals surface area contributed by atoms with E-state index in [9.17, 15) is 13.5 Å². The molecule has 11 heteroatoms. The molecule has 0 saturated heterocycles. The van der Waals surface area contributed by atoms with Crippen LogP contribution in [-0.4, -0.2) is 51.7 Å². The third-order valence-corrected chi connectivity index (χ3v) is 8.49. The number of sulfonamides is 1. The van der Waals surface area contributed by atoms with E-state index in [4.69, 9.17) is 20.9 Å². The number of thiazole rings is 1. The van der Waals surface area contributed by atoms with Crippen LogP contribution in [0.3, 0.4) is 0 Å². The number of nitrogens with zero attached hydrogens (tertiary/aromatic N) is 2. The lowest BCUT2D eigenvalue weighted by Gasteiger charge is -2.20. The van der Waals surface area contributed by atoms with Crippen molar-refractivity contribution in [3.63, 3.8) is 0 Å². The Kier molecular flexibility index (Phi) is 8.08. The second-order valence-corrected chi connectivity index (χ2v) is 11.3.